The lowest BCUT2D eigenvalue weighted by Gasteiger charge is -2.18. The fraction of sp³-hybridized carbons (Fsp3) is 0.0870. The summed E-state index contributed by atoms with van der Waals surface area (Å²) in [5, 5.41) is 14.5. The zero-order valence-electron chi connectivity index (χ0n) is 15.8. The van der Waals surface area contributed by atoms with Crippen LogP contribution in [0.15, 0.2) is 66.7 Å². The van der Waals surface area contributed by atoms with Crippen molar-refractivity contribution in [3.05, 3.63) is 110 Å². The third kappa shape index (κ3) is 3.26. The summed E-state index contributed by atoms with van der Waals surface area (Å²) in [6.07, 6.45) is 0.552. The summed E-state index contributed by atoms with van der Waals surface area (Å²) >= 11 is 0. The molecular formula is C23H16N2O5. The molecule has 0 aliphatic heterocycles. The summed E-state index contributed by atoms with van der Waals surface area (Å²) in [5.41, 5.74) is 0.0229. The molecule has 148 valence electrons. The van der Waals surface area contributed by atoms with Crippen molar-refractivity contribution >= 4 is 23.2 Å². The maximum Gasteiger partial charge on any atom is 0.294 e. The number of ketones is 2. The molecule has 0 unspecified atom stereocenters. The van der Waals surface area contributed by atoms with E-state index in [1.54, 1.807) is 12.1 Å². The number of hydrogen-bond acceptors (Lipinski definition) is 5. The van der Waals surface area contributed by atoms with Crippen molar-refractivity contribution in [2.24, 2.45) is 0 Å². The lowest BCUT2D eigenvalue weighted by molar-refractivity contribution is -0.385. The van der Waals surface area contributed by atoms with Crippen LogP contribution < -0.4 is 5.32 Å². The van der Waals surface area contributed by atoms with Gasteiger partial charge in [0.1, 0.15) is 11.1 Å². The molecule has 0 bridgehead atoms. The van der Waals surface area contributed by atoms with Crippen LogP contribution in [0.3, 0.4) is 0 Å². The lowest BCUT2D eigenvalue weighted by atomic mass is 9.82. The van der Waals surface area contributed by atoms with Gasteiger partial charge < -0.3 is 5.32 Å². The summed E-state index contributed by atoms with van der Waals surface area (Å²) in [6, 6.07) is 18.2. The molecule has 1 amide bonds. The number of nitro groups is 1. The van der Waals surface area contributed by atoms with Gasteiger partial charge in [0.25, 0.3) is 11.6 Å². The van der Waals surface area contributed by atoms with Crippen LogP contribution in [-0.4, -0.2) is 28.9 Å². The highest BCUT2D eigenvalue weighted by Crippen LogP contribution is 2.35. The number of carbonyl (C=O) groups is 3. The summed E-state index contributed by atoms with van der Waals surface area (Å²) in [7, 11) is 0. The number of nitrogens with zero attached hydrogens (tertiary/aromatic N) is 1. The van der Waals surface area contributed by atoms with E-state index in [0.29, 0.717) is 6.42 Å². The number of fused-ring (bicyclic) bond motifs is 2. The Labute approximate surface area is 171 Å². The minimum atomic E-state index is -0.774. The summed E-state index contributed by atoms with van der Waals surface area (Å²) < 4.78 is 0. The molecule has 0 saturated heterocycles. The molecule has 0 fully saturated rings. The van der Waals surface area contributed by atoms with Gasteiger partial charge in [-0.3, -0.25) is 24.5 Å². The van der Waals surface area contributed by atoms with E-state index in [9.17, 15) is 24.5 Å². The molecule has 0 heterocycles. The maximum absolute atomic E-state index is 13.0. The average molecular weight is 400 g/mol. The third-order valence-electron chi connectivity index (χ3n) is 5.04. The Kier molecular flexibility index (Phi) is 4.93. The van der Waals surface area contributed by atoms with E-state index in [4.69, 9.17) is 0 Å². The first-order valence-corrected chi connectivity index (χ1v) is 9.31. The monoisotopic (exact) mass is 400 g/mol. The molecule has 0 saturated carbocycles. The molecule has 3 aromatic carbocycles. The fourth-order valence-electron chi connectivity index (χ4n) is 3.60. The third-order valence-corrected chi connectivity index (χ3v) is 5.04. The van der Waals surface area contributed by atoms with E-state index in [1.165, 1.54) is 24.3 Å². The highest BCUT2D eigenvalue weighted by Gasteiger charge is 2.38. The maximum atomic E-state index is 13.0. The smallest absolute Gasteiger partial charge is 0.294 e. The number of amides is 1. The van der Waals surface area contributed by atoms with Crippen LogP contribution in [-0.2, 0) is 6.42 Å². The van der Waals surface area contributed by atoms with Crippen molar-refractivity contribution < 1.29 is 19.3 Å². The van der Waals surface area contributed by atoms with Crippen molar-refractivity contribution in [3.63, 3.8) is 0 Å². The zero-order chi connectivity index (χ0) is 21.3. The van der Waals surface area contributed by atoms with Crippen LogP contribution in [0.2, 0.25) is 0 Å². The minimum Gasteiger partial charge on any atom is -0.351 e. The summed E-state index contributed by atoms with van der Waals surface area (Å²) in [5.74, 6) is -1.77. The van der Waals surface area contributed by atoms with Gasteiger partial charge in [0.15, 0.2) is 5.78 Å². The van der Waals surface area contributed by atoms with Crippen LogP contribution >= 0.6 is 0 Å². The summed E-state index contributed by atoms with van der Waals surface area (Å²) in [4.78, 5) is 49.4. The van der Waals surface area contributed by atoms with Crippen molar-refractivity contribution in [2.75, 3.05) is 6.54 Å². The van der Waals surface area contributed by atoms with E-state index in [2.05, 4.69) is 5.32 Å². The van der Waals surface area contributed by atoms with Crippen molar-refractivity contribution in [2.45, 2.75) is 6.42 Å². The second-order valence-electron chi connectivity index (χ2n) is 6.84. The van der Waals surface area contributed by atoms with Crippen molar-refractivity contribution in [1.82, 2.24) is 5.32 Å². The predicted molar refractivity (Wildman–Crippen MR) is 109 cm³/mol. The molecule has 0 aromatic heterocycles. The van der Waals surface area contributed by atoms with Gasteiger partial charge >= 0.3 is 0 Å². The molecule has 7 heteroatoms. The Morgan fingerprint density at radius 1 is 0.833 bits per heavy atom. The van der Waals surface area contributed by atoms with Gasteiger partial charge in [-0.05, 0) is 24.1 Å². The highest BCUT2D eigenvalue weighted by atomic mass is 16.6. The number of rotatable bonds is 5. The van der Waals surface area contributed by atoms with Crippen LogP contribution in [0.1, 0.15) is 47.8 Å². The Morgan fingerprint density at radius 3 is 2.13 bits per heavy atom. The molecular weight excluding hydrogens is 384 g/mol. The topological polar surface area (TPSA) is 106 Å². The van der Waals surface area contributed by atoms with E-state index in [-0.39, 0.29) is 34.4 Å². The van der Waals surface area contributed by atoms with E-state index < -0.39 is 28.1 Å². The van der Waals surface area contributed by atoms with E-state index in [1.807, 2.05) is 30.3 Å². The molecule has 3 aromatic rings. The molecule has 0 atom stereocenters. The van der Waals surface area contributed by atoms with Gasteiger partial charge in [0, 0.05) is 23.2 Å². The minimum absolute atomic E-state index is 0.0637. The highest BCUT2D eigenvalue weighted by molar-refractivity contribution is 6.30. The first kappa shape index (κ1) is 19.2. The van der Waals surface area contributed by atoms with Crippen molar-refractivity contribution in [3.8, 4) is 0 Å². The number of hydrogen-bond donors (Lipinski definition) is 1. The Balaban J connectivity index is 1.69. The largest absolute Gasteiger partial charge is 0.351 e. The zero-order valence-corrected chi connectivity index (χ0v) is 15.8. The standard InChI is InChI=1S/C23H16N2O5/c26-21-15-8-4-5-9-16(15)22(27)19-17(21)10-11-18(20(19)25(29)30)23(28)24-13-12-14-6-2-1-3-7-14/h1-11H,12-13H2,(H,24,28). The van der Waals surface area contributed by atoms with Gasteiger partial charge in [-0.15, -0.1) is 0 Å². The molecule has 1 aliphatic rings. The number of nitro benzene ring substituents is 1. The van der Waals surface area contributed by atoms with Gasteiger partial charge in [0.05, 0.1) is 4.92 Å². The van der Waals surface area contributed by atoms with Gasteiger partial charge in [-0.25, -0.2) is 0 Å². The van der Waals surface area contributed by atoms with Crippen LogP contribution in [0.25, 0.3) is 0 Å². The Bertz CT molecular complexity index is 1200. The molecule has 30 heavy (non-hydrogen) atoms. The molecule has 0 spiro atoms. The second kappa shape index (κ2) is 7.71. The number of benzene rings is 3. The lowest BCUT2D eigenvalue weighted by Crippen LogP contribution is -2.29. The number of carbonyl (C=O) groups excluding carboxylic acids is 3. The molecule has 1 N–H and O–H groups in total. The van der Waals surface area contributed by atoms with Crippen LogP contribution in [0.4, 0.5) is 5.69 Å². The fourth-order valence-corrected chi connectivity index (χ4v) is 3.60. The molecule has 7 nitrogen and oxygen atoms in total. The van der Waals surface area contributed by atoms with Gasteiger partial charge in [-0.2, -0.15) is 0 Å². The van der Waals surface area contributed by atoms with Crippen molar-refractivity contribution in [1.29, 1.82) is 0 Å². The summed E-state index contributed by atoms with van der Waals surface area (Å²) in [6.45, 7) is 0.271. The van der Waals surface area contributed by atoms with Gasteiger partial charge in [0.2, 0.25) is 5.78 Å². The SMILES string of the molecule is O=C1c2ccccc2C(=O)c2c1ccc(C(=O)NCCc1ccccc1)c2[N+](=O)[O-]. The van der Waals surface area contributed by atoms with E-state index in [0.717, 1.165) is 5.56 Å². The van der Waals surface area contributed by atoms with E-state index >= 15 is 0 Å². The normalized spacial score (nSPS) is 12.1. The predicted octanol–water partition coefficient (Wildman–Crippen LogP) is 3.34. The first-order valence-electron chi connectivity index (χ1n) is 9.31. The quantitative estimate of drug-likeness (QED) is 0.408. The average Bonchev–Trinajstić information content (AvgIpc) is 2.77. The molecule has 4 rings (SSSR count). The first-order chi connectivity index (χ1) is 14.5. The van der Waals surface area contributed by atoms with Crippen LogP contribution in [0, 0.1) is 10.1 Å². The Morgan fingerprint density at radius 2 is 1.47 bits per heavy atom. The molecule has 1 aliphatic carbocycles. The van der Waals surface area contributed by atoms with Gasteiger partial charge in [-0.1, -0.05) is 54.6 Å². The molecule has 0 radical (unpaired) electrons. The number of nitrogens with one attached hydrogen (secondary N) is 1. The Hall–Kier alpha value is -4.13. The second-order valence-corrected chi connectivity index (χ2v) is 6.84. The van der Waals surface area contributed by atoms with Crippen LogP contribution in [0.5, 0.6) is 0 Å².